The van der Waals surface area contributed by atoms with E-state index >= 15 is 0 Å². The van der Waals surface area contributed by atoms with Gasteiger partial charge < -0.3 is 15.5 Å². The summed E-state index contributed by atoms with van der Waals surface area (Å²) in [6.45, 7) is 0. The number of hydrogen-bond donors (Lipinski definition) is 2. The minimum absolute atomic E-state index is 0.0522. The van der Waals surface area contributed by atoms with Crippen LogP contribution in [0, 0.1) is 10.1 Å². The van der Waals surface area contributed by atoms with Crippen LogP contribution in [0.25, 0.3) is 11.0 Å². The van der Waals surface area contributed by atoms with Crippen LogP contribution in [0.4, 0.5) is 5.69 Å². The van der Waals surface area contributed by atoms with Crippen LogP contribution in [0.3, 0.4) is 0 Å². The number of benzene rings is 1. The van der Waals surface area contributed by atoms with Crippen molar-refractivity contribution in [2.75, 3.05) is 7.11 Å². The van der Waals surface area contributed by atoms with E-state index in [4.69, 9.17) is 5.73 Å². The molecule has 0 unspecified atom stereocenters. The molecule has 0 spiro atoms. The first-order valence-electron chi connectivity index (χ1n) is 5.46. The van der Waals surface area contributed by atoms with Crippen molar-refractivity contribution >= 4 is 28.6 Å². The molecule has 2 aromatic rings. The summed E-state index contributed by atoms with van der Waals surface area (Å²) in [5, 5.41) is 10.8. The Balaban J connectivity index is 2.66. The summed E-state index contributed by atoms with van der Waals surface area (Å²) in [7, 11) is 1.16. The molecule has 0 fully saturated rings. The number of aromatic nitrogens is 2. The van der Waals surface area contributed by atoms with E-state index in [1.807, 2.05) is 0 Å². The van der Waals surface area contributed by atoms with Gasteiger partial charge in [0.1, 0.15) is 11.3 Å². The summed E-state index contributed by atoms with van der Waals surface area (Å²) >= 11 is 0. The number of carbonyl (C=O) groups is 2. The molecule has 0 aliphatic rings. The molecule has 0 aliphatic heterocycles. The number of aromatic amines is 1. The van der Waals surface area contributed by atoms with Gasteiger partial charge in [-0.15, -0.1) is 0 Å². The monoisotopic (exact) mass is 278 g/mol. The number of imidazole rings is 1. The van der Waals surface area contributed by atoms with Gasteiger partial charge in [0.25, 0.3) is 5.69 Å². The van der Waals surface area contributed by atoms with E-state index < -0.39 is 16.8 Å². The van der Waals surface area contributed by atoms with Gasteiger partial charge in [-0.25, -0.2) is 9.78 Å². The fraction of sp³-hybridized carbons (Fsp3) is 0.182. The van der Waals surface area contributed by atoms with Gasteiger partial charge in [-0.2, -0.15) is 0 Å². The Morgan fingerprint density at radius 3 is 2.75 bits per heavy atom. The Hall–Kier alpha value is -2.97. The highest BCUT2D eigenvalue weighted by Gasteiger charge is 2.20. The zero-order valence-corrected chi connectivity index (χ0v) is 10.4. The van der Waals surface area contributed by atoms with Crippen LogP contribution in [-0.2, 0) is 16.0 Å². The lowest BCUT2D eigenvalue weighted by Crippen LogP contribution is -2.14. The highest BCUT2D eigenvalue weighted by molar-refractivity contribution is 6.03. The second-order valence-corrected chi connectivity index (χ2v) is 3.96. The highest BCUT2D eigenvalue weighted by atomic mass is 16.6. The third-order valence-corrected chi connectivity index (χ3v) is 2.58. The Morgan fingerprint density at radius 1 is 1.50 bits per heavy atom. The second-order valence-electron chi connectivity index (χ2n) is 3.96. The van der Waals surface area contributed by atoms with E-state index in [9.17, 15) is 19.7 Å². The number of ether oxygens (including phenoxy) is 1. The summed E-state index contributed by atoms with van der Waals surface area (Å²) in [4.78, 5) is 39.5. The largest absolute Gasteiger partial charge is 0.465 e. The lowest BCUT2D eigenvalue weighted by Gasteiger charge is -2.00. The van der Waals surface area contributed by atoms with Gasteiger partial charge >= 0.3 is 5.97 Å². The van der Waals surface area contributed by atoms with Crippen molar-refractivity contribution in [3.05, 3.63) is 33.6 Å². The molecule has 104 valence electrons. The molecule has 2 rings (SSSR count). The molecule has 0 bridgehead atoms. The Bertz CT molecular complexity index is 721. The fourth-order valence-electron chi connectivity index (χ4n) is 1.77. The molecule has 9 nitrogen and oxygen atoms in total. The third-order valence-electron chi connectivity index (χ3n) is 2.58. The lowest BCUT2D eigenvalue weighted by molar-refractivity contribution is -0.384. The van der Waals surface area contributed by atoms with E-state index in [2.05, 4.69) is 14.7 Å². The quantitative estimate of drug-likeness (QED) is 0.467. The van der Waals surface area contributed by atoms with Crippen molar-refractivity contribution < 1.29 is 19.2 Å². The number of primary amides is 1. The van der Waals surface area contributed by atoms with Crippen molar-refractivity contribution in [3.8, 4) is 0 Å². The van der Waals surface area contributed by atoms with Crippen LogP contribution in [0.15, 0.2) is 12.1 Å². The first-order chi connectivity index (χ1) is 9.42. The molecule has 20 heavy (non-hydrogen) atoms. The van der Waals surface area contributed by atoms with Crippen LogP contribution in [0.2, 0.25) is 0 Å². The van der Waals surface area contributed by atoms with Crippen LogP contribution in [0.5, 0.6) is 0 Å². The van der Waals surface area contributed by atoms with Crippen LogP contribution < -0.4 is 5.73 Å². The van der Waals surface area contributed by atoms with Gasteiger partial charge in [-0.05, 0) is 0 Å². The van der Waals surface area contributed by atoms with Gasteiger partial charge in [0.2, 0.25) is 5.91 Å². The predicted molar refractivity (Wildman–Crippen MR) is 67.0 cm³/mol. The fourth-order valence-corrected chi connectivity index (χ4v) is 1.77. The van der Waals surface area contributed by atoms with E-state index in [-0.39, 0.29) is 34.5 Å². The molecule has 0 saturated carbocycles. The van der Waals surface area contributed by atoms with Gasteiger partial charge in [0.05, 0.1) is 29.5 Å². The molecular formula is C11H10N4O5. The number of fused-ring (bicyclic) bond motifs is 1. The normalized spacial score (nSPS) is 10.4. The van der Waals surface area contributed by atoms with Crippen molar-refractivity contribution in [2.45, 2.75) is 6.42 Å². The van der Waals surface area contributed by atoms with E-state index in [0.717, 1.165) is 13.2 Å². The number of nitrogens with one attached hydrogen (secondary N) is 1. The molecule has 1 aromatic carbocycles. The molecule has 9 heteroatoms. The predicted octanol–water partition coefficient (Wildman–Crippen LogP) is 0.285. The molecule has 0 radical (unpaired) electrons. The number of amides is 1. The molecule has 3 N–H and O–H groups in total. The molecular weight excluding hydrogens is 268 g/mol. The number of H-pyrrole nitrogens is 1. The number of carbonyl (C=O) groups excluding carboxylic acids is 2. The summed E-state index contributed by atoms with van der Waals surface area (Å²) in [6.07, 6.45) is -0.164. The van der Waals surface area contributed by atoms with E-state index in [0.29, 0.717) is 0 Å². The molecule has 0 atom stereocenters. The van der Waals surface area contributed by atoms with Gasteiger partial charge in [0.15, 0.2) is 0 Å². The van der Waals surface area contributed by atoms with Crippen LogP contribution >= 0.6 is 0 Å². The Kier molecular flexibility index (Phi) is 3.34. The van der Waals surface area contributed by atoms with Gasteiger partial charge in [0, 0.05) is 12.1 Å². The maximum atomic E-state index is 11.6. The standard InChI is InChI=1S/C11H10N4O5/c1-20-11(17)6-2-5(15(18)19)3-7-10(6)14-9(13-7)4-8(12)16/h2-3H,4H2,1H3,(H2,12,16)(H,13,14). The van der Waals surface area contributed by atoms with Crippen LogP contribution in [-0.4, -0.2) is 33.9 Å². The number of nitro benzene ring substituents is 1. The molecule has 0 saturated heterocycles. The lowest BCUT2D eigenvalue weighted by atomic mass is 10.1. The smallest absolute Gasteiger partial charge is 0.340 e. The molecule has 0 aliphatic carbocycles. The van der Waals surface area contributed by atoms with Crippen LogP contribution in [0.1, 0.15) is 16.2 Å². The van der Waals surface area contributed by atoms with E-state index in [1.165, 1.54) is 6.07 Å². The first-order valence-corrected chi connectivity index (χ1v) is 5.46. The van der Waals surface area contributed by atoms with Crippen molar-refractivity contribution in [2.24, 2.45) is 5.73 Å². The summed E-state index contributed by atoms with van der Waals surface area (Å²) in [6, 6.07) is 2.29. The number of nitrogens with two attached hydrogens (primary N) is 1. The number of nitro groups is 1. The van der Waals surface area contributed by atoms with E-state index in [1.54, 1.807) is 0 Å². The van der Waals surface area contributed by atoms with Crippen molar-refractivity contribution in [3.63, 3.8) is 0 Å². The Labute approximate surface area is 111 Å². The number of esters is 1. The van der Waals surface area contributed by atoms with Crippen molar-refractivity contribution in [1.82, 2.24) is 9.97 Å². The average molecular weight is 278 g/mol. The topological polar surface area (TPSA) is 141 Å². The number of methoxy groups -OCH3 is 1. The summed E-state index contributed by atoms with van der Waals surface area (Å²) in [5.41, 5.74) is 5.17. The Morgan fingerprint density at radius 2 is 2.20 bits per heavy atom. The average Bonchev–Trinajstić information content (AvgIpc) is 2.77. The number of non-ortho nitro benzene ring substituents is 1. The number of nitrogens with zero attached hydrogens (tertiary/aromatic N) is 2. The first kappa shape index (κ1) is 13.5. The van der Waals surface area contributed by atoms with Gasteiger partial charge in [-0.3, -0.25) is 14.9 Å². The summed E-state index contributed by atoms with van der Waals surface area (Å²) < 4.78 is 4.56. The number of hydrogen-bond acceptors (Lipinski definition) is 6. The zero-order valence-electron chi connectivity index (χ0n) is 10.4. The maximum Gasteiger partial charge on any atom is 0.340 e. The van der Waals surface area contributed by atoms with Gasteiger partial charge in [-0.1, -0.05) is 0 Å². The highest BCUT2D eigenvalue weighted by Crippen LogP contribution is 2.24. The SMILES string of the molecule is COC(=O)c1cc([N+](=O)[O-])cc2[nH]c(CC(N)=O)nc12. The molecule has 1 amide bonds. The minimum atomic E-state index is -0.754. The second kappa shape index (κ2) is 4.96. The zero-order chi connectivity index (χ0) is 14.9. The minimum Gasteiger partial charge on any atom is -0.465 e. The number of rotatable bonds is 4. The maximum absolute atomic E-state index is 11.6. The summed E-state index contributed by atoms with van der Waals surface area (Å²) in [5.74, 6) is -1.15. The third kappa shape index (κ3) is 2.41. The van der Waals surface area contributed by atoms with Crippen molar-refractivity contribution in [1.29, 1.82) is 0 Å². The molecule has 1 heterocycles. The molecule has 1 aromatic heterocycles.